The molecule has 1 aromatic carbocycles. The van der Waals surface area contributed by atoms with Crippen LogP contribution in [0.4, 0.5) is 4.39 Å². The number of nitrogens with one attached hydrogen (secondary N) is 1. The Hall–Kier alpha value is -2.36. The van der Waals surface area contributed by atoms with Gasteiger partial charge in [-0.3, -0.25) is 9.19 Å². The summed E-state index contributed by atoms with van der Waals surface area (Å²) in [5.74, 6) is -0.617. The Kier molecular flexibility index (Phi) is 6.12. The standard InChI is InChI=1S/C21H24FN3O4S/c1-14-10-23-18(11-30(26)20-24-16-6-3-4-7-17(16)25-20)15(2)19(14)27-13-21(12-22)28-8-5-9-29-21/h3-4,6-7,10H,5,8-9,11-13H2,1-2H3,(H,24,25). The SMILES string of the molecule is Cc1cnc(CS(=O)c2nc3ccccc3[nH]2)c(C)c1OCC1(CF)OCCCO1. The van der Waals surface area contributed by atoms with Crippen LogP contribution < -0.4 is 4.74 Å². The zero-order valence-corrected chi connectivity index (χ0v) is 17.8. The maximum Gasteiger partial charge on any atom is 0.232 e. The molecule has 3 aromatic rings. The second-order valence-electron chi connectivity index (χ2n) is 7.27. The third-order valence-electron chi connectivity index (χ3n) is 5.06. The van der Waals surface area contributed by atoms with Crippen molar-refractivity contribution in [1.82, 2.24) is 15.0 Å². The summed E-state index contributed by atoms with van der Waals surface area (Å²) in [6.07, 6.45) is 2.39. The molecule has 0 spiro atoms. The molecule has 9 heteroatoms. The molecule has 0 saturated carbocycles. The number of H-pyrrole nitrogens is 1. The van der Waals surface area contributed by atoms with E-state index in [9.17, 15) is 8.60 Å². The maximum absolute atomic E-state index is 13.6. The Bertz CT molecular complexity index is 1030. The minimum absolute atomic E-state index is 0.0682. The lowest BCUT2D eigenvalue weighted by atomic mass is 10.1. The van der Waals surface area contributed by atoms with Crippen LogP contribution in [0, 0.1) is 13.8 Å². The molecule has 1 aliphatic heterocycles. The van der Waals surface area contributed by atoms with E-state index in [1.165, 1.54) is 0 Å². The highest BCUT2D eigenvalue weighted by Gasteiger charge is 2.36. The molecule has 4 rings (SSSR count). The van der Waals surface area contributed by atoms with Crippen molar-refractivity contribution in [2.24, 2.45) is 0 Å². The van der Waals surface area contributed by atoms with Crippen molar-refractivity contribution >= 4 is 21.8 Å². The Morgan fingerprint density at radius 1 is 1.27 bits per heavy atom. The van der Waals surface area contributed by atoms with Gasteiger partial charge in [-0.2, -0.15) is 0 Å². The zero-order chi connectivity index (χ0) is 21.1. The van der Waals surface area contributed by atoms with Crippen molar-refractivity contribution in [2.45, 2.75) is 37.0 Å². The van der Waals surface area contributed by atoms with Gasteiger partial charge in [-0.1, -0.05) is 12.1 Å². The van der Waals surface area contributed by atoms with Crippen molar-refractivity contribution in [1.29, 1.82) is 0 Å². The molecule has 3 heterocycles. The Balaban J connectivity index is 1.52. The number of benzene rings is 1. The molecule has 0 aliphatic carbocycles. The molecule has 2 aromatic heterocycles. The molecule has 0 bridgehead atoms. The maximum atomic E-state index is 13.6. The molecule has 1 unspecified atom stereocenters. The Morgan fingerprint density at radius 3 is 2.77 bits per heavy atom. The number of hydrogen-bond donors (Lipinski definition) is 1. The lowest BCUT2D eigenvalue weighted by molar-refractivity contribution is -0.283. The highest BCUT2D eigenvalue weighted by molar-refractivity contribution is 7.84. The van der Waals surface area contributed by atoms with Crippen molar-refractivity contribution in [2.75, 3.05) is 26.5 Å². The number of rotatable bonds is 7. The lowest BCUT2D eigenvalue weighted by Crippen LogP contribution is -2.47. The number of nitrogens with zero attached hydrogens (tertiary/aromatic N) is 2. The van der Waals surface area contributed by atoms with Crippen molar-refractivity contribution in [3.63, 3.8) is 0 Å². The van der Waals surface area contributed by atoms with Gasteiger partial charge in [0.15, 0.2) is 5.16 Å². The van der Waals surface area contributed by atoms with Crippen LogP contribution in [0.1, 0.15) is 23.2 Å². The van der Waals surface area contributed by atoms with Crippen molar-refractivity contribution < 1.29 is 22.8 Å². The summed E-state index contributed by atoms with van der Waals surface area (Å²) in [6, 6.07) is 7.53. The number of aryl methyl sites for hydroxylation is 1. The van der Waals surface area contributed by atoms with Crippen LogP contribution >= 0.6 is 0 Å². The minimum Gasteiger partial charge on any atom is -0.487 e. The fourth-order valence-electron chi connectivity index (χ4n) is 3.35. The third-order valence-corrected chi connectivity index (χ3v) is 6.22. The van der Waals surface area contributed by atoms with Gasteiger partial charge < -0.3 is 19.2 Å². The topological polar surface area (TPSA) is 86.3 Å². The summed E-state index contributed by atoms with van der Waals surface area (Å²) in [6.45, 7) is 3.72. The van der Waals surface area contributed by atoms with Crippen LogP contribution in [0.25, 0.3) is 11.0 Å². The first-order valence-corrected chi connectivity index (χ1v) is 11.1. The molecule has 0 radical (unpaired) electrons. The summed E-state index contributed by atoms with van der Waals surface area (Å²) >= 11 is 0. The summed E-state index contributed by atoms with van der Waals surface area (Å²) in [4.78, 5) is 11.9. The predicted octanol–water partition coefficient (Wildman–Crippen LogP) is 3.36. The quantitative estimate of drug-likeness (QED) is 0.615. The summed E-state index contributed by atoms with van der Waals surface area (Å²) in [5.41, 5.74) is 3.79. The summed E-state index contributed by atoms with van der Waals surface area (Å²) in [7, 11) is -1.40. The zero-order valence-electron chi connectivity index (χ0n) is 16.9. The van der Waals surface area contributed by atoms with E-state index in [1.807, 2.05) is 38.1 Å². The first-order chi connectivity index (χ1) is 14.5. The number of para-hydroxylation sites is 2. The van der Waals surface area contributed by atoms with Gasteiger partial charge in [0.1, 0.15) is 19.0 Å². The average molecular weight is 434 g/mol. The number of imidazole rings is 1. The number of ether oxygens (including phenoxy) is 3. The van der Waals surface area contributed by atoms with Gasteiger partial charge in [0.2, 0.25) is 5.79 Å². The van der Waals surface area contributed by atoms with Gasteiger partial charge in [0, 0.05) is 17.3 Å². The van der Waals surface area contributed by atoms with Gasteiger partial charge >= 0.3 is 0 Å². The number of fused-ring (bicyclic) bond motifs is 1. The Labute approximate surface area is 176 Å². The highest BCUT2D eigenvalue weighted by Crippen LogP contribution is 2.29. The van der Waals surface area contributed by atoms with E-state index in [-0.39, 0.29) is 12.4 Å². The third kappa shape index (κ3) is 4.23. The largest absolute Gasteiger partial charge is 0.487 e. The van der Waals surface area contributed by atoms with Gasteiger partial charge in [0.05, 0.1) is 46.5 Å². The molecule has 1 atom stereocenters. The van der Waals surface area contributed by atoms with Gasteiger partial charge in [0.25, 0.3) is 0 Å². The van der Waals surface area contributed by atoms with E-state index in [0.29, 0.717) is 29.8 Å². The molecule has 7 nitrogen and oxygen atoms in total. The molecular formula is C21H24FN3O4S. The summed E-state index contributed by atoms with van der Waals surface area (Å²) in [5, 5.41) is 0.404. The fourth-order valence-corrected chi connectivity index (χ4v) is 4.45. The molecule has 1 aliphatic rings. The van der Waals surface area contributed by atoms with Crippen LogP contribution in [0.2, 0.25) is 0 Å². The molecule has 0 amide bonds. The molecule has 1 fully saturated rings. The van der Waals surface area contributed by atoms with E-state index in [2.05, 4.69) is 15.0 Å². The second kappa shape index (κ2) is 8.79. The van der Waals surface area contributed by atoms with Crippen LogP contribution in [0.3, 0.4) is 0 Å². The number of aromatic amines is 1. The molecule has 1 N–H and O–H groups in total. The lowest BCUT2D eigenvalue weighted by Gasteiger charge is -2.34. The van der Waals surface area contributed by atoms with Crippen molar-refractivity contribution in [3.05, 3.63) is 47.3 Å². The first kappa shape index (κ1) is 20.9. The number of aromatic nitrogens is 3. The van der Waals surface area contributed by atoms with Crippen LogP contribution in [-0.4, -0.2) is 51.4 Å². The Morgan fingerprint density at radius 2 is 2.03 bits per heavy atom. The predicted molar refractivity (Wildman–Crippen MR) is 111 cm³/mol. The average Bonchev–Trinajstić information content (AvgIpc) is 3.21. The second-order valence-corrected chi connectivity index (χ2v) is 8.64. The van der Waals surface area contributed by atoms with E-state index in [0.717, 1.165) is 28.6 Å². The van der Waals surface area contributed by atoms with E-state index >= 15 is 0 Å². The molecule has 1 saturated heterocycles. The van der Waals surface area contributed by atoms with Crippen LogP contribution in [0.15, 0.2) is 35.6 Å². The molecule has 30 heavy (non-hydrogen) atoms. The van der Waals surface area contributed by atoms with Crippen molar-refractivity contribution in [3.8, 4) is 5.75 Å². The monoisotopic (exact) mass is 433 g/mol. The van der Waals surface area contributed by atoms with E-state index in [1.54, 1.807) is 6.20 Å². The van der Waals surface area contributed by atoms with Crippen LogP contribution in [0.5, 0.6) is 5.75 Å². The number of alkyl halides is 1. The normalized spacial score (nSPS) is 17.2. The van der Waals surface area contributed by atoms with Gasteiger partial charge in [-0.15, -0.1) is 0 Å². The fraction of sp³-hybridized carbons (Fsp3) is 0.429. The number of hydrogen-bond acceptors (Lipinski definition) is 6. The first-order valence-electron chi connectivity index (χ1n) is 9.76. The highest BCUT2D eigenvalue weighted by atomic mass is 32.2. The molecule has 160 valence electrons. The summed E-state index contributed by atoms with van der Waals surface area (Å²) < 4.78 is 43.4. The number of halogens is 1. The van der Waals surface area contributed by atoms with Crippen LogP contribution in [-0.2, 0) is 26.0 Å². The number of pyridine rings is 1. The van der Waals surface area contributed by atoms with Gasteiger partial charge in [-0.05, 0) is 32.4 Å². The van der Waals surface area contributed by atoms with E-state index in [4.69, 9.17) is 14.2 Å². The van der Waals surface area contributed by atoms with Gasteiger partial charge in [-0.25, -0.2) is 9.37 Å². The molecular weight excluding hydrogens is 409 g/mol. The minimum atomic E-state index is -1.40. The smallest absolute Gasteiger partial charge is 0.232 e. The van der Waals surface area contributed by atoms with E-state index < -0.39 is 23.3 Å².